The summed E-state index contributed by atoms with van der Waals surface area (Å²) in [6, 6.07) is 0. The van der Waals surface area contributed by atoms with E-state index in [1.54, 1.807) is 11.8 Å². The van der Waals surface area contributed by atoms with Gasteiger partial charge in [-0.25, -0.2) is 0 Å². The van der Waals surface area contributed by atoms with E-state index < -0.39 is 17.4 Å². The molecule has 0 aliphatic rings. The van der Waals surface area contributed by atoms with Crippen LogP contribution in [0.1, 0.15) is 19.8 Å². The first-order valence-corrected chi connectivity index (χ1v) is 5.69. The predicted octanol–water partition coefficient (Wildman–Crippen LogP) is 1.39. The maximum atomic E-state index is 11.3. The van der Waals surface area contributed by atoms with Crippen molar-refractivity contribution in [2.24, 2.45) is 5.41 Å². The number of carboxylic acids is 1. The highest BCUT2D eigenvalue weighted by atomic mass is 32.2. The molecule has 0 spiro atoms. The van der Waals surface area contributed by atoms with Crippen molar-refractivity contribution in [2.45, 2.75) is 19.8 Å². The van der Waals surface area contributed by atoms with E-state index in [4.69, 9.17) is 5.11 Å². The van der Waals surface area contributed by atoms with Crippen LogP contribution in [0.2, 0.25) is 0 Å². The molecule has 1 atom stereocenters. The molecular formula is C9H16O4S. The average molecular weight is 220 g/mol. The molecule has 0 heterocycles. The minimum absolute atomic E-state index is 0.315. The lowest BCUT2D eigenvalue weighted by Crippen LogP contribution is -2.37. The minimum Gasteiger partial charge on any atom is -0.480 e. The van der Waals surface area contributed by atoms with Crippen molar-refractivity contribution >= 4 is 23.7 Å². The number of ether oxygens (including phenoxy) is 1. The van der Waals surface area contributed by atoms with Crippen LogP contribution in [0.15, 0.2) is 0 Å². The lowest BCUT2D eigenvalue weighted by Gasteiger charge is -2.21. The first-order chi connectivity index (χ1) is 6.49. The number of carboxylic acid groups (broad SMARTS) is 1. The molecule has 82 valence electrons. The monoisotopic (exact) mass is 220 g/mol. The van der Waals surface area contributed by atoms with Gasteiger partial charge in [-0.05, 0) is 31.8 Å². The number of hydrogen-bond donors (Lipinski definition) is 1. The maximum absolute atomic E-state index is 11.3. The summed E-state index contributed by atoms with van der Waals surface area (Å²) in [5.41, 5.74) is -1.40. The summed E-state index contributed by atoms with van der Waals surface area (Å²) in [6.07, 6.45) is 2.95. The van der Waals surface area contributed by atoms with Crippen molar-refractivity contribution in [2.75, 3.05) is 19.1 Å². The lowest BCUT2D eigenvalue weighted by atomic mass is 9.86. The van der Waals surface area contributed by atoms with Crippen molar-refractivity contribution < 1.29 is 19.4 Å². The van der Waals surface area contributed by atoms with E-state index in [-0.39, 0.29) is 0 Å². The van der Waals surface area contributed by atoms with Gasteiger partial charge in [-0.2, -0.15) is 11.8 Å². The predicted molar refractivity (Wildman–Crippen MR) is 55.4 cm³/mol. The molecule has 0 aromatic heterocycles. The number of thioether (sulfide) groups is 1. The summed E-state index contributed by atoms with van der Waals surface area (Å²) in [6.45, 7) is 1.40. The number of carbonyl (C=O) groups excluding carboxylic acids is 1. The Morgan fingerprint density at radius 2 is 2.07 bits per heavy atom. The zero-order valence-electron chi connectivity index (χ0n) is 8.70. The highest BCUT2D eigenvalue weighted by Crippen LogP contribution is 2.26. The van der Waals surface area contributed by atoms with Crippen LogP contribution < -0.4 is 0 Å². The zero-order valence-corrected chi connectivity index (χ0v) is 9.52. The smallest absolute Gasteiger partial charge is 0.322 e. The van der Waals surface area contributed by atoms with E-state index in [1.165, 1.54) is 14.0 Å². The van der Waals surface area contributed by atoms with Crippen LogP contribution in [0.3, 0.4) is 0 Å². The normalized spacial score (nSPS) is 14.5. The Labute approximate surface area is 88.0 Å². The third-order valence-electron chi connectivity index (χ3n) is 2.13. The molecule has 0 aliphatic carbocycles. The topological polar surface area (TPSA) is 63.6 Å². The molecule has 0 saturated carbocycles. The molecule has 14 heavy (non-hydrogen) atoms. The summed E-state index contributed by atoms with van der Waals surface area (Å²) in [4.78, 5) is 22.2. The molecule has 4 nitrogen and oxygen atoms in total. The van der Waals surface area contributed by atoms with Gasteiger partial charge in [0.25, 0.3) is 0 Å². The van der Waals surface area contributed by atoms with Gasteiger partial charge < -0.3 is 9.84 Å². The maximum Gasteiger partial charge on any atom is 0.322 e. The Bertz CT molecular complexity index is 217. The summed E-state index contributed by atoms with van der Waals surface area (Å²) >= 11 is 1.63. The van der Waals surface area contributed by atoms with Gasteiger partial charge in [0.2, 0.25) is 0 Å². The van der Waals surface area contributed by atoms with Crippen molar-refractivity contribution in [3.05, 3.63) is 0 Å². The molecule has 5 heteroatoms. The largest absolute Gasteiger partial charge is 0.480 e. The summed E-state index contributed by atoms with van der Waals surface area (Å²) in [5, 5.41) is 8.93. The molecule has 0 aromatic carbocycles. The van der Waals surface area contributed by atoms with E-state index in [1.807, 2.05) is 6.26 Å². The highest BCUT2D eigenvalue weighted by molar-refractivity contribution is 7.98. The van der Waals surface area contributed by atoms with Crippen molar-refractivity contribution in [3.63, 3.8) is 0 Å². The van der Waals surface area contributed by atoms with Gasteiger partial charge in [0.05, 0.1) is 7.11 Å². The first-order valence-electron chi connectivity index (χ1n) is 4.29. The number of esters is 1. The Hall–Kier alpha value is -0.710. The van der Waals surface area contributed by atoms with Crippen LogP contribution in [0, 0.1) is 5.41 Å². The second-order valence-electron chi connectivity index (χ2n) is 3.23. The fraction of sp³-hybridized carbons (Fsp3) is 0.778. The van der Waals surface area contributed by atoms with Crippen molar-refractivity contribution in [1.29, 1.82) is 0 Å². The Morgan fingerprint density at radius 3 is 2.43 bits per heavy atom. The highest BCUT2D eigenvalue weighted by Gasteiger charge is 2.41. The zero-order chi connectivity index (χ0) is 11.2. The molecule has 0 saturated heterocycles. The summed E-state index contributed by atoms with van der Waals surface area (Å²) in [5.74, 6) is -0.948. The Morgan fingerprint density at radius 1 is 1.50 bits per heavy atom. The number of carbonyl (C=O) groups is 2. The average Bonchev–Trinajstić information content (AvgIpc) is 2.16. The van der Waals surface area contributed by atoms with E-state index in [2.05, 4.69) is 4.74 Å². The van der Waals surface area contributed by atoms with E-state index >= 15 is 0 Å². The molecule has 0 rings (SSSR count). The van der Waals surface area contributed by atoms with Gasteiger partial charge in [0.1, 0.15) is 0 Å². The molecule has 0 amide bonds. The van der Waals surface area contributed by atoms with Gasteiger partial charge in [0, 0.05) is 0 Å². The molecule has 0 radical (unpaired) electrons. The number of aliphatic carboxylic acids is 1. The third kappa shape index (κ3) is 3.21. The Balaban J connectivity index is 4.40. The van der Waals surface area contributed by atoms with Crippen LogP contribution in [0.5, 0.6) is 0 Å². The fourth-order valence-corrected chi connectivity index (χ4v) is 1.52. The van der Waals surface area contributed by atoms with Crippen LogP contribution in [0.25, 0.3) is 0 Å². The van der Waals surface area contributed by atoms with Gasteiger partial charge in [-0.1, -0.05) is 0 Å². The van der Waals surface area contributed by atoms with Crippen LogP contribution in [0.4, 0.5) is 0 Å². The first kappa shape index (κ1) is 13.3. The second-order valence-corrected chi connectivity index (χ2v) is 4.21. The quantitative estimate of drug-likeness (QED) is 0.416. The lowest BCUT2D eigenvalue weighted by molar-refractivity contribution is -0.166. The van der Waals surface area contributed by atoms with E-state index in [0.29, 0.717) is 12.8 Å². The Kier molecular flexibility index (Phi) is 5.60. The third-order valence-corrected chi connectivity index (χ3v) is 2.83. The van der Waals surface area contributed by atoms with E-state index in [0.717, 1.165) is 5.75 Å². The molecule has 0 aliphatic heterocycles. The fourth-order valence-electron chi connectivity index (χ4n) is 1.09. The van der Waals surface area contributed by atoms with Gasteiger partial charge in [-0.3, -0.25) is 9.59 Å². The van der Waals surface area contributed by atoms with Crippen molar-refractivity contribution in [3.8, 4) is 0 Å². The van der Waals surface area contributed by atoms with Gasteiger partial charge in [-0.15, -0.1) is 0 Å². The molecular weight excluding hydrogens is 204 g/mol. The molecule has 1 unspecified atom stereocenters. The number of methoxy groups -OCH3 is 1. The summed E-state index contributed by atoms with van der Waals surface area (Å²) < 4.78 is 4.48. The van der Waals surface area contributed by atoms with Crippen LogP contribution >= 0.6 is 11.8 Å². The SMILES string of the molecule is COC(=O)C(C)(CCCSC)C(=O)O. The van der Waals surface area contributed by atoms with Crippen molar-refractivity contribution in [1.82, 2.24) is 0 Å². The molecule has 0 bridgehead atoms. The summed E-state index contributed by atoms with van der Waals surface area (Å²) in [7, 11) is 1.21. The standard InChI is InChI=1S/C9H16O4S/c1-9(7(10)11,8(12)13-2)5-4-6-14-3/h4-6H2,1-3H3,(H,10,11). The second kappa shape index (κ2) is 5.90. The molecule has 0 aromatic rings. The van der Waals surface area contributed by atoms with Gasteiger partial charge >= 0.3 is 11.9 Å². The number of hydrogen-bond acceptors (Lipinski definition) is 4. The molecule has 0 fully saturated rings. The minimum atomic E-state index is -1.40. The van der Waals surface area contributed by atoms with Crippen LogP contribution in [-0.2, 0) is 14.3 Å². The number of rotatable bonds is 6. The van der Waals surface area contributed by atoms with Gasteiger partial charge in [0.15, 0.2) is 5.41 Å². The molecule has 1 N–H and O–H groups in total. The van der Waals surface area contributed by atoms with Crippen LogP contribution in [-0.4, -0.2) is 36.2 Å². The van der Waals surface area contributed by atoms with E-state index in [9.17, 15) is 9.59 Å².